The van der Waals surface area contributed by atoms with Gasteiger partial charge in [-0.25, -0.2) is 0 Å². The Hall–Kier alpha value is -2.08. The van der Waals surface area contributed by atoms with E-state index in [0.29, 0.717) is 19.5 Å². The number of hydrogen-bond donors (Lipinski definition) is 2. The number of nitrogens with zero attached hydrogens (tertiary/aromatic N) is 1. The lowest BCUT2D eigenvalue weighted by Crippen LogP contribution is -2.53. The Kier molecular flexibility index (Phi) is 5.49. The number of ether oxygens (including phenoxy) is 1. The number of likely N-dealkylation sites (tertiary alicyclic amines) is 1. The van der Waals surface area contributed by atoms with Crippen LogP contribution in [0.2, 0.25) is 0 Å². The highest BCUT2D eigenvalue weighted by Crippen LogP contribution is 2.20. The molecule has 2 atom stereocenters. The second-order valence-corrected chi connectivity index (χ2v) is 7.30. The molecule has 1 aromatic carbocycles. The minimum Gasteiger partial charge on any atom is -0.497 e. The molecule has 1 aromatic rings. The molecule has 3 N–H and O–H groups in total. The zero-order valence-electron chi connectivity index (χ0n) is 14.8. The van der Waals surface area contributed by atoms with Gasteiger partial charge >= 0.3 is 0 Å². The molecule has 6 heteroatoms. The van der Waals surface area contributed by atoms with Crippen molar-refractivity contribution in [2.75, 3.05) is 13.7 Å². The van der Waals surface area contributed by atoms with Crippen molar-refractivity contribution >= 4 is 11.8 Å². The van der Waals surface area contributed by atoms with E-state index in [1.54, 1.807) is 12.0 Å². The molecule has 1 saturated heterocycles. The van der Waals surface area contributed by atoms with Crippen LogP contribution in [0.3, 0.4) is 0 Å². The lowest BCUT2D eigenvalue weighted by molar-refractivity contribution is -0.134. The average Bonchev–Trinajstić information content (AvgIpc) is 2.87. The zero-order chi connectivity index (χ0) is 17.9. The summed E-state index contributed by atoms with van der Waals surface area (Å²) in [7, 11) is 1.62. The van der Waals surface area contributed by atoms with Crippen LogP contribution < -0.4 is 15.8 Å². The van der Waals surface area contributed by atoms with Gasteiger partial charge in [0.2, 0.25) is 11.8 Å². The first-order chi connectivity index (χ1) is 11.2. The number of nitrogens with two attached hydrogens (primary N) is 1. The first-order valence-electron chi connectivity index (χ1n) is 8.20. The lowest BCUT2D eigenvalue weighted by atomic mass is 9.87. The molecule has 6 nitrogen and oxygen atoms in total. The van der Waals surface area contributed by atoms with Crippen molar-refractivity contribution in [1.29, 1.82) is 0 Å². The maximum atomic E-state index is 12.5. The number of carbonyl (C=O) groups excluding carboxylic acids is 2. The minimum absolute atomic E-state index is 0.0553. The Morgan fingerprint density at radius 1 is 1.38 bits per heavy atom. The minimum atomic E-state index is -0.638. The van der Waals surface area contributed by atoms with Gasteiger partial charge in [0.05, 0.1) is 13.2 Å². The molecule has 1 heterocycles. The maximum absolute atomic E-state index is 12.5. The van der Waals surface area contributed by atoms with Crippen LogP contribution in [-0.4, -0.2) is 42.5 Å². The predicted octanol–water partition coefficient (Wildman–Crippen LogP) is 1.29. The second-order valence-electron chi connectivity index (χ2n) is 7.30. The van der Waals surface area contributed by atoms with Crippen molar-refractivity contribution in [1.82, 2.24) is 10.2 Å². The van der Waals surface area contributed by atoms with Crippen LogP contribution in [0.15, 0.2) is 24.3 Å². The van der Waals surface area contributed by atoms with Crippen LogP contribution in [-0.2, 0) is 16.1 Å². The predicted molar refractivity (Wildman–Crippen MR) is 92.4 cm³/mol. The molecule has 24 heavy (non-hydrogen) atoms. The van der Waals surface area contributed by atoms with Crippen LogP contribution in [0.4, 0.5) is 0 Å². The summed E-state index contributed by atoms with van der Waals surface area (Å²) >= 11 is 0. The molecule has 0 radical (unpaired) electrons. The van der Waals surface area contributed by atoms with E-state index in [-0.39, 0.29) is 17.2 Å². The molecule has 132 valence electrons. The van der Waals surface area contributed by atoms with E-state index in [2.05, 4.69) is 5.32 Å². The van der Waals surface area contributed by atoms with Crippen LogP contribution in [0.1, 0.15) is 32.8 Å². The van der Waals surface area contributed by atoms with E-state index >= 15 is 0 Å². The molecular weight excluding hydrogens is 306 g/mol. The molecule has 2 rings (SSSR count). The summed E-state index contributed by atoms with van der Waals surface area (Å²) in [6.45, 7) is 6.87. The van der Waals surface area contributed by atoms with E-state index in [4.69, 9.17) is 10.5 Å². The van der Waals surface area contributed by atoms with Gasteiger partial charge in [0.15, 0.2) is 0 Å². The van der Waals surface area contributed by atoms with Crippen molar-refractivity contribution in [2.24, 2.45) is 11.1 Å². The second kappa shape index (κ2) is 7.21. The highest BCUT2D eigenvalue weighted by molar-refractivity contribution is 5.91. The van der Waals surface area contributed by atoms with Gasteiger partial charge in [-0.1, -0.05) is 32.9 Å². The van der Waals surface area contributed by atoms with Gasteiger partial charge in [-0.05, 0) is 29.5 Å². The Bertz CT molecular complexity index is 593. The van der Waals surface area contributed by atoms with Crippen molar-refractivity contribution < 1.29 is 14.3 Å². The van der Waals surface area contributed by atoms with Crippen molar-refractivity contribution in [3.63, 3.8) is 0 Å². The third kappa shape index (κ3) is 4.26. The fourth-order valence-corrected chi connectivity index (χ4v) is 2.64. The molecule has 1 fully saturated rings. The molecule has 1 unspecified atom stereocenters. The summed E-state index contributed by atoms with van der Waals surface area (Å²) in [5.41, 5.74) is 6.65. The standard InChI is InChI=1S/C18H27N3O3/c1-18(2,3)15(19)16(22)20-14-9-10-21(17(14)23)11-12-5-7-13(24-4)8-6-12/h5-8,14-15H,9-11,19H2,1-4H3,(H,20,22)/t14?,15-/m1/s1. The van der Waals surface area contributed by atoms with Crippen LogP contribution >= 0.6 is 0 Å². The van der Waals surface area contributed by atoms with Crippen molar-refractivity contribution in [2.45, 2.75) is 45.8 Å². The van der Waals surface area contributed by atoms with Gasteiger partial charge in [-0.15, -0.1) is 0 Å². The number of nitrogens with one attached hydrogen (secondary N) is 1. The monoisotopic (exact) mass is 333 g/mol. The molecule has 1 aliphatic rings. The van der Waals surface area contributed by atoms with Crippen molar-refractivity contribution in [3.05, 3.63) is 29.8 Å². The fraction of sp³-hybridized carbons (Fsp3) is 0.556. The highest BCUT2D eigenvalue weighted by atomic mass is 16.5. The quantitative estimate of drug-likeness (QED) is 0.850. The summed E-state index contributed by atoms with van der Waals surface area (Å²) in [5.74, 6) is 0.459. The molecule has 2 amide bonds. The first-order valence-corrected chi connectivity index (χ1v) is 8.20. The molecule has 0 spiro atoms. The Morgan fingerprint density at radius 2 is 2.00 bits per heavy atom. The number of benzene rings is 1. The largest absolute Gasteiger partial charge is 0.497 e. The molecular formula is C18H27N3O3. The third-order valence-corrected chi connectivity index (χ3v) is 4.36. The zero-order valence-corrected chi connectivity index (χ0v) is 14.8. The Labute approximate surface area is 143 Å². The number of hydrogen-bond acceptors (Lipinski definition) is 4. The highest BCUT2D eigenvalue weighted by Gasteiger charge is 2.35. The van der Waals surface area contributed by atoms with Gasteiger partial charge in [-0.2, -0.15) is 0 Å². The van der Waals surface area contributed by atoms with E-state index in [0.717, 1.165) is 11.3 Å². The third-order valence-electron chi connectivity index (χ3n) is 4.36. The van der Waals surface area contributed by atoms with Crippen LogP contribution in [0.25, 0.3) is 0 Å². The number of carbonyl (C=O) groups is 2. The molecule has 0 aromatic heterocycles. The van der Waals surface area contributed by atoms with E-state index < -0.39 is 12.1 Å². The average molecular weight is 333 g/mol. The Balaban J connectivity index is 1.93. The summed E-state index contributed by atoms with van der Waals surface area (Å²) in [5, 5.41) is 2.79. The number of amides is 2. The number of methoxy groups -OCH3 is 1. The molecule has 0 aliphatic carbocycles. The van der Waals surface area contributed by atoms with Gasteiger partial charge in [0.25, 0.3) is 0 Å². The lowest BCUT2D eigenvalue weighted by Gasteiger charge is -2.27. The fourth-order valence-electron chi connectivity index (χ4n) is 2.64. The molecule has 1 aliphatic heterocycles. The maximum Gasteiger partial charge on any atom is 0.245 e. The Morgan fingerprint density at radius 3 is 2.54 bits per heavy atom. The van der Waals surface area contributed by atoms with Crippen LogP contribution in [0, 0.1) is 5.41 Å². The van der Waals surface area contributed by atoms with Crippen LogP contribution in [0.5, 0.6) is 5.75 Å². The molecule has 0 bridgehead atoms. The molecule has 0 saturated carbocycles. The normalized spacial score (nSPS) is 19.3. The smallest absolute Gasteiger partial charge is 0.245 e. The summed E-state index contributed by atoms with van der Waals surface area (Å²) in [6.07, 6.45) is 0.609. The first kappa shape index (κ1) is 18.3. The summed E-state index contributed by atoms with van der Waals surface area (Å²) in [6, 6.07) is 6.50. The topological polar surface area (TPSA) is 84.7 Å². The summed E-state index contributed by atoms with van der Waals surface area (Å²) < 4.78 is 5.13. The number of rotatable bonds is 5. The van der Waals surface area contributed by atoms with Gasteiger partial charge in [-0.3, -0.25) is 9.59 Å². The SMILES string of the molecule is COc1ccc(CN2CCC(NC(=O)[C@@H](N)C(C)(C)C)C2=O)cc1. The summed E-state index contributed by atoms with van der Waals surface area (Å²) in [4.78, 5) is 26.5. The van der Waals surface area contributed by atoms with Gasteiger partial charge < -0.3 is 20.7 Å². The van der Waals surface area contributed by atoms with Crippen molar-refractivity contribution in [3.8, 4) is 5.75 Å². The van der Waals surface area contributed by atoms with E-state index in [1.807, 2.05) is 45.0 Å². The van der Waals surface area contributed by atoms with E-state index in [1.165, 1.54) is 0 Å². The van der Waals surface area contributed by atoms with Gasteiger partial charge in [0.1, 0.15) is 11.8 Å². The van der Waals surface area contributed by atoms with E-state index in [9.17, 15) is 9.59 Å². The van der Waals surface area contributed by atoms with Gasteiger partial charge in [0, 0.05) is 13.1 Å².